The Morgan fingerprint density at radius 3 is 2.33 bits per heavy atom. The molecule has 0 atom stereocenters. The second-order valence-corrected chi connectivity index (χ2v) is 9.21. The molecule has 2 aromatic rings. The lowest BCUT2D eigenvalue weighted by atomic mass is 9.99. The number of methoxy groups -OCH3 is 3. The van der Waals surface area contributed by atoms with Gasteiger partial charge in [-0.25, -0.2) is 4.98 Å². The van der Waals surface area contributed by atoms with E-state index in [1.54, 1.807) is 0 Å². The first-order valence-corrected chi connectivity index (χ1v) is 11.7. The lowest BCUT2D eigenvalue weighted by Gasteiger charge is -2.29. The van der Waals surface area contributed by atoms with Crippen LogP contribution in [0.15, 0.2) is 12.1 Å². The van der Waals surface area contributed by atoms with E-state index in [9.17, 15) is 9.59 Å². The van der Waals surface area contributed by atoms with Crippen LogP contribution < -0.4 is 24.8 Å². The predicted octanol–water partition coefficient (Wildman–Crippen LogP) is 3.08. The Bertz CT molecular complexity index is 960. The number of carbonyl (C=O) groups excluding carboxylic acids is 2. The number of rotatable bonds is 9. The number of nitrogens with zero attached hydrogens (tertiary/aromatic N) is 2. The van der Waals surface area contributed by atoms with Crippen LogP contribution >= 0.6 is 11.3 Å². The highest BCUT2D eigenvalue weighted by Crippen LogP contribution is 2.38. The van der Waals surface area contributed by atoms with Gasteiger partial charge in [0.1, 0.15) is 0 Å². The number of likely N-dealkylation sites (tertiary alicyclic amines) is 1. The van der Waals surface area contributed by atoms with Crippen molar-refractivity contribution in [1.82, 2.24) is 15.2 Å². The fraction of sp³-hybridized carbons (Fsp3) is 0.522. The number of hydrogen-bond donors (Lipinski definition) is 2. The van der Waals surface area contributed by atoms with Crippen LogP contribution in [0.4, 0.5) is 5.13 Å². The lowest BCUT2D eigenvalue weighted by molar-refractivity contribution is -0.115. The maximum Gasteiger partial charge on any atom is 0.251 e. The zero-order valence-corrected chi connectivity index (χ0v) is 20.6. The first kappa shape index (κ1) is 24.8. The molecule has 2 heterocycles. The summed E-state index contributed by atoms with van der Waals surface area (Å²) in [6.07, 6.45) is 2.43. The van der Waals surface area contributed by atoms with Crippen molar-refractivity contribution >= 4 is 28.3 Å². The summed E-state index contributed by atoms with van der Waals surface area (Å²) in [6.45, 7) is 7.10. The normalized spacial score (nSPS) is 14.6. The molecular formula is C23H32N4O5S. The van der Waals surface area contributed by atoms with Crippen LogP contribution in [0.1, 0.15) is 40.7 Å². The van der Waals surface area contributed by atoms with Crippen LogP contribution in [0, 0.1) is 12.8 Å². The molecule has 180 valence electrons. The number of ether oxygens (including phenoxy) is 3. The van der Waals surface area contributed by atoms with Gasteiger partial charge in [-0.05, 0) is 50.9 Å². The van der Waals surface area contributed by atoms with Crippen LogP contribution in [0.3, 0.4) is 0 Å². The van der Waals surface area contributed by atoms with Crippen molar-refractivity contribution in [3.8, 4) is 17.2 Å². The van der Waals surface area contributed by atoms with Crippen molar-refractivity contribution in [2.75, 3.05) is 46.3 Å². The Morgan fingerprint density at radius 1 is 1.12 bits per heavy atom. The lowest BCUT2D eigenvalue weighted by Crippen LogP contribution is -2.32. The molecule has 3 rings (SSSR count). The van der Waals surface area contributed by atoms with Crippen molar-refractivity contribution in [2.45, 2.75) is 33.2 Å². The topological polar surface area (TPSA) is 102 Å². The number of aryl methyl sites for hydroxylation is 1. The summed E-state index contributed by atoms with van der Waals surface area (Å²) in [5, 5.41) is 5.94. The minimum absolute atomic E-state index is 0.187. The van der Waals surface area contributed by atoms with Gasteiger partial charge in [-0.2, -0.15) is 0 Å². The fourth-order valence-corrected chi connectivity index (χ4v) is 4.71. The van der Waals surface area contributed by atoms with Crippen LogP contribution in [0.25, 0.3) is 0 Å². The summed E-state index contributed by atoms with van der Waals surface area (Å²) in [5.74, 6) is 1.13. The summed E-state index contributed by atoms with van der Waals surface area (Å²) >= 11 is 1.48. The minimum atomic E-state index is -0.431. The highest BCUT2D eigenvalue weighted by Gasteiger charge is 2.20. The van der Waals surface area contributed by atoms with E-state index in [0.29, 0.717) is 27.9 Å². The Morgan fingerprint density at radius 2 is 1.76 bits per heavy atom. The van der Waals surface area contributed by atoms with Crippen molar-refractivity contribution in [3.63, 3.8) is 0 Å². The van der Waals surface area contributed by atoms with Gasteiger partial charge in [-0.1, -0.05) is 6.92 Å². The molecule has 0 radical (unpaired) electrons. The maximum absolute atomic E-state index is 12.6. The van der Waals surface area contributed by atoms with E-state index in [4.69, 9.17) is 14.2 Å². The average Bonchev–Trinajstić information content (AvgIpc) is 3.15. The largest absolute Gasteiger partial charge is 0.493 e. The quantitative estimate of drug-likeness (QED) is 0.573. The second kappa shape index (κ2) is 11.3. The Hall–Kier alpha value is -2.85. The number of nitrogens with one attached hydrogen (secondary N) is 2. The van der Waals surface area contributed by atoms with Gasteiger partial charge in [0.15, 0.2) is 16.6 Å². The third kappa shape index (κ3) is 6.35. The van der Waals surface area contributed by atoms with E-state index in [1.165, 1.54) is 57.6 Å². The highest BCUT2D eigenvalue weighted by molar-refractivity contribution is 7.15. The zero-order chi connectivity index (χ0) is 24.0. The van der Waals surface area contributed by atoms with E-state index in [-0.39, 0.29) is 12.5 Å². The molecule has 1 aliphatic heterocycles. The van der Waals surface area contributed by atoms with E-state index in [0.717, 1.165) is 36.1 Å². The monoisotopic (exact) mass is 476 g/mol. The summed E-state index contributed by atoms with van der Waals surface area (Å²) in [4.78, 5) is 33.1. The number of benzene rings is 1. The van der Waals surface area contributed by atoms with E-state index < -0.39 is 5.91 Å². The van der Waals surface area contributed by atoms with Crippen LogP contribution in [0.5, 0.6) is 17.2 Å². The molecule has 0 saturated carbocycles. The van der Waals surface area contributed by atoms with Crippen LogP contribution in [-0.4, -0.2) is 62.7 Å². The smallest absolute Gasteiger partial charge is 0.251 e. The summed E-state index contributed by atoms with van der Waals surface area (Å²) in [6, 6.07) is 3.07. The number of hydrogen-bond acceptors (Lipinski definition) is 8. The molecule has 0 unspecified atom stereocenters. The molecule has 33 heavy (non-hydrogen) atoms. The van der Waals surface area contributed by atoms with Crippen molar-refractivity contribution < 1.29 is 23.8 Å². The summed E-state index contributed by atoms with van der Waals surface area (Å²) in [5.41, 5.74) is 1.22. The molecule has 1 fully saturated rings. The summed E-state index contributed by atoms with van der Waals surface area (Å²) < 4.78 is 15.8. The van der Waals surface area contributed by atoms with Gasteiger partial charge in [0.05, 0.1) is 33.6 Å². The third-order valence-electron chi connectivity index (χ3n) is 5.72. The van der Waals surface area contributed by atoms with Gasteiger partial charge in [0.2, 0.25) is 11.7 Å². The molecule has 9 nitrogen and oxygen atoms in total. The first-order chi connectivity index (χ1) is 15.8. The van der Waals surface area contributed by atoms with Crippen molar-refractivity contribution in [3.05, 3.63) is 28.3 Å². The van der Waals surface area contributed by atoms with E-state index in [2.05, 4.69) is 27.4 Å². The number of carbonyl (C=O) groups is 2. The molecule has 0 spiro atoms. The van der Waals surface area contributed by atoms with Gasteiger partial charge >= 0.3 is 0 Å². The Labute approximate surface area is 198 Å². The number of amides is 2. The van der Waals surface area contributed by atoms with Gasteiger partial charge in [-0.15, -0.1) is 11.3 Å². The van der Waals surface area contributed by atoms with Gasteiger partial charge in [-0.3, -0.25) is 14.5 Å². The van der Waals surface area contributed by atoms with E-state index in [1.807, 2.05) is 6.92 Å². The number of thiazole rings is 1. The Balaban J connectivity index is 1.56. The maximum atomic E-state index is 12.6. The SMILES string of the molecule is COc1cc(C(=O)NCC(=O)Nc2nc(C)c(CN3CCC(C)CC3)s2)cc(OC)c1OC. The predicted molar refractivity (Wildman–Crippen MR) is 128 cm³/mol. The molecule has 1 saturated heterocycles. The van der Waals surface area contributed by atoms with Crippen LogP contribution in [-0.2, 0) is 11.3 Å². The number of anilines is 1. The van der Waals surface area contributed by atoms with Crippen LogP contribution in [0.2, 0.25) is 0 Å². The molecule has 1 aromatic carbocycles. The molecule has 2 N–H and O–H groups in total. The molecule has 10 heteroatoms. The van der Waals surface area contributed by atoms with Gasteiger partial charge in [0.25, 0.3) is 5.91 Å². The number of piperidine rings is 1. The molecule has 1 aliphatic rings. The zero-order valence-electron chi connectivity index (χ0n) is 19.8. The molecule has 0 bridgehead atoms. The minimum Gasteiger partial charge on any atom is -0.493 e. The summed E-state index contributed by atoms with van der Waals surface area (Å²) in [7, 11) is 4.44. The third-order valence-corrected chi connectivity index (χ3v) is 6.78. The Kier molecular flexibility index (Phi) is 8.51. The standard InChI is InChI=1S/C23H32N4O5S/c1-14-6-8-27(9-7-14)13-19-15(2)25-23(33-19)26-20(28)12-24-22(29)16-10-17(30-3)21(32-5)18(11-16)31-4/h10-11,14H,6-9,12-13H2,1-5H3,(H,24,29)(H,25,26,28). The van der Waals surface area contributed by atoms with E-state index >= 15 is 0 Å². The number of aromatic nitrogens is 1. The van der Waals surface area contributed by atoms with Crippen molar-refractivity contribution in [2.24, 2.45) is 5.92 Å². The molecule has 1 aromatic heterocycles. The molecule has 0 aliphatic carbocycles. The highest BCUT2D eigenvalue weighted by atomic mass is 32.1. The molecular weight excluding hydrogens is 444 g/mol. The average molecular weight is 477 g/mol. The van der Waals surface area contributed by atoms with Crippen molar-refractivity contribution in [1.29, 1.82) is 0 Å². The second-order valence-electron chi connectivity index (χ2n) is 8.13. The first-order valence-electron chi connectivity index (χ1n) is 10.9. The molecule has 2 amide bonds. The fourth-order valence-electron chi connectivity index (χ4n) is 3.69. The van der Waals surface area contributed by atoms with Gasteiger partial charge in [0, 0.05) is 17.0 Å². The van der Waals surface area contributed by atoms with Gasteiger partial charge < -0.3 is 24.8 Å².